The second kappa shape index (κ2) is 6.87. The van der Waals surface area contributed by atoms with E-state index in [1.54, 1.807) is 0 Å². The van der Waals surface area contributed by atoms with E-state index in [0.29, 0.717) is 19.7 Å². The van der Waals surface area contributed by atoms with Crippen molar-refractivity contribution < 1.29 is 9.53 Å². The van der Waals surface area contributed by atoms with Crippen LogP contribution in [0.5, 0.6) is 0 Å². The molecule has 5 heteroatoms. The van der Waals surface area contributed by atoms with Gasteiger partial charge >= 0.3 is 6.09 Å². The zero-order chi connectivity index (χ0) is 9.40. The SMILES string of the molecule is CCCOC(=O)NCC(N)CN. The van der Waals surface area contributed by atoms with E-state index in [2.05, 4.69) is 5.32 Å². The van der Waals surface area contributed by atoms with Gasteiger partial charge in [-0.15, -0.1) is 0 Å². The smallest absolute Gasteiger partial charge is 0.407 e. The number of carbonyl (C=O) groups excluding carboxylic acids is 1. The van der Waals surface area contributed by atoms with Crippen LogP contribution in [0.3, 0.4) is 0 Å². The lowest BCUT2D eigenvalue weighted by molar-refractivity contribution is 0.146. The van der Waals surface area contributed by atoms with Gasteiger partial charge in [-0.3, -0.25) is 0 Å². The van der Waals surface area contributed by atoms with Crippen LogP contribution in [-0.2, 0) is 4.74 Å². The van der Waals surface area contributed by atoms with E-state index < -0.39 is 6.09 Å². The number of nitrogens with two attached hydrogens (primary N) is 2. The molecule has 1 unspecified atom stereocenters. The predicted molar refractivity (Wildman–Crippen MR) is 46.7 cm³/mol. The molecule has 0 spiro atoms. The second-order valence-electron chi connectivity index (χ2n) is 2.51. The Hall–Kier alpha value is -0.810. The van der Waals surface area contributed by atoms with Gasteiger partial charge < -0.3 is 21.5 Å². The number of hydrogen-bond acceptors (Lipinski definition) is 4. The molecule has 72 valence electrons. The third kappa shape index (κ3) is 5.94. The number of carbonyl (C=O) groups is 1. The van der Waals surface area contributed by atoms with Crippen molar-refractivity contribution in [2.24, 2.45) is 11.5 Å². The van der Waals surface area contributed by atoms with Crippen molar-refractivity contribution in [1.82, 2.24) is 5.32 Å². The summed E-state index contributed by atoms with van der Waals surface area (Å²) >= 11 is 0. The lowest BCUT2D eigenvalue weighted by atomic mass is 10.3. The number of amides is 1. The average molecular weight is 175 g/mol. The van der Waals surface area contributed by atoms with Crippen LogP contribution in [0.25, 0.3) is 0 Å². The van der Waals surface area contributed by atoms with Crippen LogP contribution in [0.4, 0.5) is 4.79 Å². The fourth-order valence-electron chi connectivity index (χ4n) is 0.544. The number of ether oxygens (including phenoxy) is 1. The molecular formula is C7H17N3O2. The largest absolute Gasteiger partial charge is 0.450 e. The van der Waals surface area contributed by atoms with Crippen molar-refractivity contribution in [2.45, 2.75) is 19.4 Å². The van der Waals surface area contributed by atoms with E-state index in [1.807, 2.05) is 6.92 Å². The van der Waals surface area contributed by atoms with Crippen molar-refractivity contribution in [3.8, 4) is 0 Å². The van der Waals surface area contributed by atoms with E-state index in [1.165, 1.54) is 0 Å². The third-order valence-corrected chi connectivity index (χ3v) is 1.25. The molecule has 0 saturated heterocycles. The maximum atomic E-state index is 10.8. The van der Waals surface area contributed by atoms with Gasteiger partial charge in [0, 0.05) is 19.1 Å². The Morgan fingerprint density at radius 2 is 2.33 bits per heavy atom. The van der Waals surface area contributed by atoms with Gasteiger partial charge in [-0.2, -0.15) is 0 Å². The van der Waals surface area contributed by atoms with Gasteiger partial charge in [-0.05, 0) is 6.42 Å². The minimum absolute atomic E-state index is 0.195. The molecule has 0 aromatic rings. The van der Waals surface area contributed by atoms with Crippen LogP contribution >= 0.6 is 0 Å². The highest BCUT2D eigenvalue weighted by molar-refractivity contribution is 5.67. The summed E-state index contributed by atoms with van der Waals surface area (Å²) in [6, 6.07) is -0.195. The highest BCUT2D eigenvalue weighted by Gasteiger charge is 2.03. The average Bonchev–Trinajstić information content (AvgIpc) is 2.10. The molecule has 0 aromatic heterocycles. The number of alkyl carbamates (subject to hydrolysis) is 1. The Labute approximate surface area is 72.4 Å². The number of nitrogens with one attached hydrogen (secondary N) is 1. The molecule has 1 atom stereocenters. The fraction of sp³-hybridized carbons (Fsp3) is 0.857. The minimum atomic E-state index is -0.430. The Kier molecular flexibility index (Phi) is 6.41. The Bertz CT molecular complexity index is 130. The van der Waals surface area contributed by atoms with Crippen molar-refractivity contribution >= 4 is 6.09 Å². The molecule has 0 aromatic carbocycles. The summed E-state index contributed by atoms with van der Waals surface area (Å²) in [7, 11) is 0. The topological polar surface area (TPSA) is 90.4 Å². The monoisotopic (exact) mass is 175 g/mol. The summed E-state index contributed by atoms with van der Waals surface area (Å²) in [5.41, 5.74) is 10.7. The molecule has 0 radical (unpaired) electrons. The Morgan fingerprint density at radius 3 is 2.83 bits per heavy atom. The van der Waals surface area contributed by atoms with E-state index >= 15 is 0 Å². The lowest BCUT2D eigenvalue weighted by Gasteiger charge is -2.09. The van der Waals surface area contributed by atoms with Crippen LogP contribution in [0.1, 0.15) is 13.3 Å². The fourth-order valence-corrected chi connectivity index (χ4v) is 0.544. The van der Waals surface area contributed by atoms with Crippen LogP contribution in [0.15, 0.2) is 0 Å². The van der Waals surface area contributed by atoms with Gasteiger partial charge in [0.2, 0.25) is 0 Å². The maximum Gasteiger partial charge on any atom is 0.407 e. The first kappa shape index (κ1) is 11.2. The summed E-state index contributed by atoms with van der Waals surface area (Å²) in [4.78, 5) is 10.8. The zero-order valence-electron chi connectivity index (χ0n) is 7.38. The molecule has 0 saturated carbocycles. The zero-order valence-corrected chi connectivity index (χ0v) is 7.38. The molecular weight excluding hydrogens is 158 g/mol. The minimum Gasteiger partial charge on any atom is -0.450 e. The molecule has 0 heterocycles. The summed E-state index contributed by atoms with van der Waals surface area (Å²) in [5.74, 6) is 0. The van der Waals surface area contributed by atoms with Crippen LogP contribution in [0.2, 0.25) is 0 Å². The van der Waals surface area contributed by atoms with Crippen LogP contribution in [0, 0.1) is 0 Å². The van der Waals surface area contributed by atoms with Gasteiger partial charge in [0.1, 0.15) is 0 Å². The first-order valence-corrected chi connectivity index (χ1v) is 4.07. The molecule has 0 rings (SSSR count). The number of hydrogen-bond donors (Lipinski definition) is 3. The maximum absolute atomic E-state index is 10.8. The van der Waals surface area contributed by atoms with Crippen molar-refractivity contribution in [3.05, 3.63) is 0 Å². The van der Waals surface area contributed by atoms with E-state index in [-0.39, 0.29) is 6.04 Å². The first-order valence-electron chi connectivity index (χ1n) is 4.07. The summed E-state index contributed by atoms with van der Waals surface area (Å²) in [6.45, 7) is 3.08. The summed E-state index contributed by atoms with van der Waals surface area (Å²) < 4.78 is 4.74. The molecule has 0 aliphatic carbocycles. The first-order chi connectivity index (χ1) is 5.70. The van der Waals surface area contributed by atoms with E-state index in [0.717, 1.165) is 6.42 Å². The molecule has 12 heavy (non-hydrogen) atoms. The van der Waals surface area contributed by atoms with E-state index in [4.69, 9.17) is 16.2 Å². The van der Waals surface area contributed by atoms with Crippen molar-refractivity contribution in [3.63, 3.8) is 0 Å². The molecule has 1 amide bonds. The molecule has 0 aliphatic rings. The lowest BCUT2D eigenvalue weighted by Crippen LogP contribution is -2.42. The third-order valence-electron chi connectivity index (χ3n) is 1.25. The Morgan fingerprint density at radius 1 is 1.67 bits per heavy atom. The van der Waals surface area contributed by atoms with Crippen LogP contribution < -0.4 is 16.8 Å². The van der Waals surface area contributed by atoms with Gasteiger partial charge in [0.25, 0.3) is 0 Å². The predicted octanol–water partition coefficient (Wildman–Crippen LogP) is -0.591. The summed E-state index contributed by atoms with van der Waals surface area (Å²) in [5, 5.41) is 2.50. The summed E-state index contributed by atoms with van der Waals surface area (Å²) in [6.07, 6.45) is 0.386. The molecule has 0 aliphatic heterocycles. The quantitative estimate of drug-likeness (QED) is 0.521. The van der Waals surface area contributed by atoms with Crippen molar-refractivity contribution in [1.29, 1.82) is 0 Å². The molecule has 0 bridgehead atoms. The Balaban J connectivity index is 3.31. The van der Waals surface area contributed by atoms with Gasteiger partial charge in [-0.1, -0.05) is 6.92 Å². The standard InChI is InChI=1S/C7H17N3O2/c1-2-3-12-7(11)10-5-6(9)4-8/h6H,2-5,8-9H2,1H3,(H,10,11). The number of rotatable bonds is 5. The highest BCUT2D eigenvalue weighted by atomic mass is 16.5. The van der Waals surface area contributed by atoms with Gasteiger partial charge in [-0.25, -0.2) is 4.79 Å². The van der Waals surface area contributed by atoms with Crippen molar-refractivity contribution in [2.75, 3.05) is 19.7 Å². The highest BCUT2D eigenvalue weighted by Crippen LogP contribution is 1.81. The second-order valence-corrected chi connectivity index (χ2v) is 2.51. The van der Waals surface area contributed by atoms with Crippen LogP contribution in [-0.4, -0.2) is 31.8 Å². The van der Waals surface area contributed by atoms with Gasteiger partial charge in [0.05, 0.1) is 6.61 Å². The molecule has 0 fully saturated rings. The molecule has 5 nitrogen and oxygen atoms in total. The van der Waals surface area contributed by atoms with Gasteiger partial charge in [0.15, 0.2) is 0 Å². The normalized spacial score (nSPS) is 12.2. The molecule has 5 N–H and O–H groups in total. The van der Waals surface area contributed by atoms with E-state index in [9.17, 15) is 4.79 Å².